The largest absolute Gasteiger partial charge is 0.457 e. The molecular formula is C32H25BrClFN2O2. The van der Waals surface area contributed by atoms with Crippen LogP contribution in [0.3, 0.4) is 0 Å². The maximum atomic E-state index is 13.6. The molecule has 0 aliphatic carbocycles. The molecule has 0 saturated heterocycles. The highest BCUT2D eigenvalue weighted by atomic mass is 79.9. The number of carbonyl (C=O) groups excluding carboxylic acids is 1. The highest BCUT2D eigenvalue weighted by Crippen LogP contribution is 2.34. The Morgan fingerprint density at radius 2 is 1.74 bits per heavy atom. The van der Waals surface area contributed by atoms with Gasteiger partial charge in [-0.05, 0) is 53.9 Å². The van der Waals surface area contributed by atoms with Crippen LogP contribution in [-0.4, -0.2) is 22.8 Å². The van der Waals surface area contributed by atoms with Gasteiger partial charge in [-0.2, -0.15) is 0 Å². The summed E-state index contributed by atoms with van der Waals surface area (Å²) in [6.07, 6.45) is 0.199. The van der Waals surface area contributed by atoms with Crippen LogP contribution in [0.1, 0.15) is 16.8 Å². The number of benzene rings is 4. The van der Waals surface area contributed by atoms with Crippen LogP contribution in [0.2, 0.25) is 5.02 Å². The lowest BCUT2D eigenvalue weighted by atomic mass is 9.92. The van der Waals surface area contributed by atoms with Crippen molar-refractivity contribution in [1.29, 1.82) is 0 Å². The van der Waals surface area contributed by atoms with Crippen LogP contribution in [0.15, 0.2) is 95.5 Å². The minimum atomic E-state index is -0.517. The van der Waals surface area contributed by atoms with Crippen LogP contribution in [0.5, 0.6) is 11.5 Å². The lowest BCUT2D eigenvalue weighted by molar-refractivity contribution is -0.129. The lowest BCUT2D eigenvalue weighted by Gasteiger charge is -2.22. The molecule has 0 radical (unpaired) electrons. The number of ether oxygens (including phenoxy) is 1. The van der Waals surface area contributed by atoms with Gasteiger partial charge >= 0.3 is 0 Å². The molecule has 39 heavy (non-hydrogen) atoms. The van der Waals surface area contributed by atoms with Crippen LogP contribution in [0.25, 0.3) is 22.0 Å². The fraction of sp³-hybridized carbons (Fsp3) is 0.125. The average molecular weight is 604 g/mol. The van der Waals surface area contributed by atoms with Gasteiger partial charge in [-0.25, -0.2) is 4.39 Å². The molecule has 0 spiro atoms. The third kappa shape index (κ3) is 5.97. The minimum absolute atomic E-state index is 0.0232. The second kappa shape index (κ2) is 11.6. The Kier molecular flexibility index (Phi) is 7.96. The summed E-state index contributed by atoms with van der Waals surface area (Å²) in [7, 11) is 1.77. The number of hydrogen-bond acceptors (Lipinski definition) is 3. The quantitative estimate of drug-likeness (QED) is 0.187. The predicted octanol–water partition coefficient (Wildman–Crippen LogP) is 8.76. The highest BCUT2D eigenvalue weighted by Gasteiger charge is 2.20. The first-order chi connectivity index (χ1) is 18.8. The molecule has 0 atom stereocenters. The molecule has 0 fully saturated rings. The molecule has 4 nitrogen and oxygen atoms in total. The molecule has 1 amide bonds. The number of pyridine rings is 1. The van der Waals surface area contributed by atoms with Gasteiger partial charge in [0.1, 0.15) is 17.3 Å². The Morgan fingerprint density at radius 1 is 1.00 bits per heavy atom. The normalized spacial score (nSPS) is 11.0. The van der Waals surface area contributed by atoms with Gasteiger partial charge in [0, 0.05) is 40.8 Å². The van der Waals surface area contributed by atoms with Crippen LogP contribution in [0.4, 0.5) is 4.39 Å². The fourth-order valence-corrected chi connectivity index (χ4v) is 5.09. The summed E-state index contributed by atoms with van der Waals surface area (Å²) in [4.78, 5) is 20.1. The number of rotatable bonds is 7. The summed E-state index contributed by atoms with van der Waals surface area (Å²) >= 11 is 9.42. The summed E-state index contributed by atoms with van der Waals surface area (Å²) < 4.78 is 20.5. The van der Waals surface area contributed by atoms with Gasteiger partial charge in [0.15, 0.2) is 0 Å². The number of hydrogen-bond donors (Lipinski definition) is 0. The SMILES string of the molecule is Cc1nc2ccccc2c(-c2ccccc2)c1CC(=O)N(C)Cc1ccc(Br)cc1Oc1ccc(F)c(Cl)c1. The van der Waals surface area contributed by atoms with E-state index >= 15 is 0 Å². The summed E-state index contributed by atoms with van der Waals surface area (Å²) in [5, 5.41) is 0.992. The lowest BCUT2D eigenvalue weighted by Crippen LogP contribution is -2.28. The van der Waals surface area contributed by atoms with E-state index in [2.05, 4.69) is 34.1 Å². The van der Waals surface area contributed by atoms with E-state index in [0.717, 1.165) is 43.3 Å². The van der Waals surface area contributed by atoms with E-state index in [0.29, 0.717) is 18.0 Å². The number of aromatic nitrogens is 1. The van der Waals surface area contributed by atoms with E-state index in [-0.39, 0.29) is 17.4 Å². The average Bonchev–Trinajstić information content (AvgIpc) is 2.93. The predicted molar refractivity (Wildman–Crippen MR) is 158 cm³/mol. The van der Waals surface area contributed by atoms with Crippen molar-refractivity contribution in [2.24, 2.45) is 0 Å². The van der Waals surface area contributed by atoms with Gasteiger partial charge in [-0.15, -0.1) is 0 Å². The van der Waals surface area contributed by atoms with Crippen molar-refractivity contribution in [3.63, 3.8) is 0 Å². The van der Waals surface area contributed by atoms with Gasteiger partial charge in [0.25, 0.3) is 0 Å². The zero-order valence-corrected chi connectivity index (χ0v) is 23.8. The molecule has 0 aliphatic rings. The van der Waals surface area contributed by atoms with E-state index in [4.69, 9.17) is 21.3 Å². The first-order valence-corrected chi connectivity index (χ1v) is 13.6. The molecule has 196 valence electrons. The fourth-order valence-electron chi connectivity index (χ4n) is 4.58. The second-order valence-electron chi connectivity index (χ2n) is 9.29. The minimum Gasteiger partial charge on any atom is -0.457 e. The molecule has 1 heterocycles. The van der Waals surface area contributed by atoms with E-state index in [1.54, 1.807) is 11.9 Å². The number of fused-ring (bicyclic) bond motifs is 1. The van der Waals surface area contributed by atoms with Crippen molar-refractivity contribution in [2.45, 2.75) is 19.9 Å². The van der Waals surface area contributed by atoms with Gasteiger partial charge in [0.2, 0.25) is 5.91 Å². The monoisotopic (exact) mass is 602 g/mol. The number of nitrogens with zero attached hydrogens (tertiary/aromatic N) is 2. The third-order valence-electron chi connectivity index (χ3n) is 6.57. The van der Waals surface area contributed by atoms with Gasteiger partial charge < -0.3 is 9.64 Å². The Balaban J connectivity index is 1.44. The van der Waals surface area contributed by atoms with Crippen LogP contribution < -0.4 is 4.74 Å². The van der Waals surface area contributed by atoms with Gasteiger partial charge in [-0.1, -0.05) is 82.1 Å². The number of para-hydroxylation sites is 1. The summed E-state index contributed by atoms with van der Waals surface area (Å²) in [6.45, 7) is 2.27. The smallest absolute Gasteiger partial charge is 0.227 e. The molecule has 1 aromatic heterocycles. The third-order valence-corrected chi connectivity index (χ3v) is 7.35. The van der Waals surface area contributed by atoms with Crippen molar-refractivity contribution >= 4 is 44.3 Å². The Morgan fingerprint density at radius 3 is 2.51 bits per heavy atom. The van der Waals surface area contributed by atoms with Gasteiger partial charge in [0.05, 0.1) is 17.0 Å². The molecule has 0 N–H and O–H groups in total. The standard InChI is InChI=1S/C32H25BrClFN2O2/c1-20-26(32(21-8-4-3-5-9-21)25-10-6-7-11-29(25)36-20)18-31(38)37(2)19-22-12-13-23(33)16-30(22)39-24-14-15-28(35)27(34)17-24/h3-17H,18-19H2,1-2H3. The second-order valence-corrected chi connectivity index (χ2v) is 10.6. The Hall–Kier alpha value is -3.74. The van der Waals surface area contributed by atoms with E-state index in [1.165, 1.54) is 18.2 Å². The first kappa shape index (κ1) is 26.9. The number of carbonyl (C=O) groups is 1. The topological polar surface area (TPSA) is 42.4 Å². The summed E-state index contributed by atoms with van der Waals surface area (Å²) in [6, 6.07) is 27.9. The molecule has 5 rings (SSSR count). The Labute approximate surface area is 240 Å². The van der Waals surface area contributed by atoms with Crippen LogP contribution in [-0.2, 0) is 17.8 Å². The van der Waals surface area contributed by atoms with Crippen LogP contribution in [0, 0.1) is 12.7 Å². The van der Waals surface area contributed by atoms with Crippen LogP contribution >= 0.6 is 27.5 Å². The summed E-state index contributed by atoms with van der Waals surface area (Å²) in [5.41, 5.74) is 5.51. The maximum absolute atomic E-state index is 13.6. The zero-order chi connectivity index (χ0) is 27.5. The maximum Gasteiger partial charge on any atom is 0.227 e. The molecular weight excluding hydrogens is 579 g/mol. The van der Waals surface area contributed by atoms with E-state index < -0.39 is 5.82 Å². The zero-order valence-electron chi connectivity index (χ0n) is 21.4. The summed E-state index contributed by atoms with van der Waals surface area (Å²) in [5.74, 6) is 0.378. The number of halogens is 3. The first-order valence-electron chi connectivity index (χ1n) is 12.4. The number of likely N-dealkylation sites (N-methyl/N-ethyl adjacent to an activating group) is 1. The van der Waals surface area contributed by atoms with E-state index in [9.17, 15) is 9.18 Å². The Bertz CT molecular complexity index is 1680. The van der Waals surface area contributed by atoms with Crippen molar-refractivity contribution in [1.82, 2.24) is 9.88 Å². The molecule has 7 heteroatoms. The molecule has 0 unspecified atom stereocenters. The number of amides is 1. The van der Waals surface area contributed by atoms with Gasteiger partial charge in [-0.3, -0.25) is 9.78 Å². The molecule has 5 aromatic rings. The highest BCUT2D eigenvalue weighted by molar-refractivity contribution is 9.10. The molecule has 0 aliphatic heterocycles. The number of aryl methyl sites for hydroxylation is 1. The molecule has 4 aromatic carbocycles. The van der Waals surface area contributed by atoms with E-state index in [1.807, 2.05) is 61.5 Å². The van der Waals surface area contributed by atoms with Crippen molar-refractivity contribution in [2.75, 3.05) is 7.05 Å². The molecule has 0 bridgehead atoms. The van der Waals surface area contributed by atoms with Crippen molar-refractivity contribution < 1.29 is 13.9 Å². The van der Waals surface area contributed by atoms with Crippen molar-refractivity contribution in [3.8, 4) is 22.6 Å². The molecule has 0 saturated carbocycles. The van der Waals surface area contributed by atoms with Crippen molar-refractivity contribution in [3.05, 3.63) is 123 Å².